The van der Waals surface area contributed by atoms with Crippen LogP contribution in [0.1, 0.15) is 29.3 Å². The molecule has 0 amide bonds. The standard InChI is InChI=1S/C15H20N4S/c1-18(2)15-8-12(5-6-17-15)14-4-3-7-19(14)10-13-9-16-11-20-13/h5-6,8-9,11,14H,3-4,7,10H2,1-2H3. The van der Waals surface area contributed by atoms with Crippen LogP contribution in [0.3, 0.4) is 0 Å². The molecular weight excluding hydrogens is 268 g/mol. The molecule has 2 aromatic heterocycles. The van der Waals surface area contributed by atoms with Crippen LogP contribution in [0.5, 0.6) is 0 Å². The molecule has 1 aliphatic rings. The molecule has 4 nitrogen and oxygen atoms in total. The summed E-state index contributed by atoms with van der Waals surface area (Å²) in [5.74, 6) is 1.03. The van der Waals surface area contributed by atoms with Crippen molar-refractivity contribution in [3.05, 3.63) is 40.5 Å². The van der Waals surface area contributed by atoms with Crippen molar-refractivity contribution in [2.24, 2.45) is 0 Å². The SMILES string of the molecule is CN(C)c1cc(C2CCCN2Cc2cncs2)ccn1. The van der Waals surface area contributed by atoms with Gasteiger partial charge in [-0.25, -0.2) is 4.98 Å². The zero-order valence-electron chi connectivity index (χ0n) is 12.0. The predicted octanol–water partition coefficient (Wildman–Crippen LogP) is 2.94. The van der Waals surface area contributed by atoms with E-state index in [1.54, 1.807) is 11.3 Å². The number of pyridine rings is 1. The Hall–Kier alpha value is -1.46. The summed E-state index contributed by atoms with van der Waals surface area (Å²) in [6, 6.07) is 4.89. The van der Waals surface area contributed by atoms with E-state index < -0.39 is 0 Å². The maximum absolute atomic E-state index is 4.41. The Labute approximate surface area is 124 Å². The summed E-state index contributed by atoms with van der Waals surface area (Å²) in [7, 11) is 4.08. The quantitative estimate of drug-likeness (QED) is 0.866. The molecule has 1 atom stereocenters. The first-order valence-electron chi connectivity index (χ1n) is 6.99. The molecule has 2 aromatic rings. The van der Waals surface area contributed by atoms with Gasteiger partial charge in [0.05, 0.1) is 5.51 Å². The van der Waals surface area contributed by atoms with Gasteiger partial charge in [-0.1, -0.05) is 0 Å². The van der Waals surface area contributed by atoms with E-state index in [2.05, 4.69) is 31.9 Å². The van der Waals surface area contributed by atoms with E-state index in [1.165, 1.54) is 29.8 Å². The summed E-state index contributed by atoms with van der Waals surface area (Å²) in [4.78, 5) is 14.6. The van der Waals surface area contributed by atoms with Crippen LogP contribution in [0, 0.1) is 0 Å². The maximum atomic E-state index is 4.41. The number of likely N-dealkylation sites (tertiary alicyclic amines) is 1. The van der Waals surface area contributed by atoms with Crippen molar-refractivity contribution in [1.29, 1.82) is 0 Å². The topological polar surface area (TPSA) is 32.3 Å². The van der Waals surface area contributed by atoms with Gasteiger partial charge in [-0.15, -0.1) is 11.3 Å². The third kappa shape index (κ3) is 2.83. The molecule has 3 heterocycles. The minimum Gasteiger partial charge on any atom is -0.363 e. The monoisotopic (exact) mass is 288 g/mol. The van der Waals surface area contributed by atoms with Gasteiger partial charge in [0.1, 0.15) is 5.82 Å². The lowest BCUT2D eigenvalue weighted by molar-refractivity contribution is 0.250. The van der Waals surface area contributed by atoms with Gasteiger partial charge in [0, 0.05) is 44.0 Å². The molecule has 20 heavy (non-hydrogen) atoms. The number of nitrogens with zero attached hydrogens (tertiary/aromatic N) is 4. The fourth-order valence-corrected chi connectivity index (χ4v) is 3.42. The number of rotatable bonds is 4. The summed E-state index contributed by atoms with van der Waals surface area (Å²) in [6.45, 7) is 2.18. The van der Waals surface area contributed by atoms with Crippen LogP contribution in [0.4, 0.5) is 5.82 Å². The van der Waals surface area contributed by atoms with Gasteiger partial charge in [0.25, 0.3) is 0 Å². The third-order valence-electron chi connectivity index (χ3n) is 3.82. The van der Waals surface area contributed by atoms with Gasteiger partial charge in [-0.2, -0.15) is 0 Å². The van der Waals surface area contributed by atoms with Crippen LogP contribution < -0.4 is 4.90 Å². The average molecular weight is 288 g/mol. The van der Waals surface area contributed by atoms with Crippen molar-refractivity contribution in [3.63, 3.8) is 0 Å². The van der Waals surface area contributed by atoms with Crippen LogP contribution in [0.25, 0.3) is 0 Å². The smallest absolute Gasteiger partial charge is 0.128 e. The van der Waals surface area contributed by atoms with Crippen molar-refractivity contribution in [1.82, 2.24) is 14.9 Å². The highest BCUT2D eigenvalue weighted by molar-refractivity contribution is 7.09. The molecule has 0 aromatic carbocycles. The second kappa shape index (κ2) is 5.89. The first kappa shape index (κ1) is 13.5. The zero-order valence-corrected chi connectivity index (χ0v) is 12.8. The van der Waals surface area contributed by atoms with Crippen molar-refractivity contribution in [2.45, 2.75) is 25.4 Å². The van der Waals surface area contributed by atoms with E-state index in [9.17, 15) is 0 Å². The normalized spacial score (nSPS) is 19.4. The van der Waals surface area contributed by atoms with Crippen molar-refractivity contribution in [3.8, 4) is 0 Å². The van der Waals surface area contributed by atoms with Crippen LogP contribution in [-0.2, 0) is 6.54 Å². The van der Waals surface area contributed by atoms with Gasteiger partial charge in [0.15, 0.2) is 0 Å². The summed E-state index contributed by atoms with van der Waals surface area (Å²) in [6.07, 6.45) is 6.41. The molecule has 1 saturated heterocycles. The molecule has 106 valence electrons. The molecule has 0 aliphatic carbocycles. The van der Waals surface area contributed by atoms with E-state index in [4.69, 9.17) is 0 Å². The Kier molecular flexibility index (Phi) is 3.98. The van der Waals surface area contributed by atoms with Crippen LogP contribution in [-0.4, -0.2) is 35.5 Å². The molecule has 0 bridgehead atoms. The lowest BCUT2D eigenvalue weighted by Crippen LogP contribution is -2.22. The molecule has 5 heteroatoms. The first-order chi connectivity index (χ1) is 9.74. The fraction of sp³-hybridized carbons (Fsp3) is 0.467. The van der Waals surface area contributed by atoms with E-state index in [1.807, 2.05) is 32.0 Å². The Bertz CT molecular complexity index is 553. The summed E-state index contributed by atoms with van der Waals surface area (Å²) in [5, 5.41) is 0. The van der Waals surface area contributed by atoms with Crippen LogP contribution in [0.2, 0.25) is 0 Å². The predicted molar refractivity (Wildman–Crippen MR) is 83.1 cm³/mol. The summed E-state index contributed by atoms with van der Waals surface area (Å²) in [5.41, 5.74) is 3.29. The van der Waals surface area contributed by atoms with Gasteiger partial charge in [-0.05, 0) is 37.1 Å². The molecule has 0 saturated carbocycles. The lowest BCUT2D eigenvalue weighted by atomic mass is 10.1. The van der Waals surface area contributed by atoms with Crippen LogP contribution >= 0.6 is 11.3 Å². The zero-order chi connectivity index (χ0) is 13.9. The third-order valence-corrected chi connectivity index (χ3v) is 4.58. The Morgan fingerprint density at radius 2 is 2.35 bits per heavy atom. The second-order valence-electron chi connectivity index (χ2n) is 5.44. The number of anilines is 1. The van der Waals surface area contributed by atoms with Gasteiger partial charge >= 0.3 is 0 Å². The number of hydrogen-bond acceptors (Lipinski definition) is 5. The molecule has 1 fully saturated rings. The molecule has 0 spiro atoms. The fourth-order valence-electron chi connectivity index (χ4n) is 2.80. The van der Waals surface area contributed by atoms with Gasteiger partial charge in [0.2, 0.25) is 0 Å². The molecule has 0 radical (unpaired) electrons. The van der Waals surface area contributed by atoms with Gasteiger partial charge < -0.3 is 4.90 Å². The highest BCUT2D eigenvalue weighted by atomic mass is 32.1. The summed E-state index contributed by atoms with van der Waals surface area (Å²) >= 11 is 1.74. The Morgan fingerprint density at radius 3 is 3.10 bits per heavy atom. The minimum absolute atomic E-state index is 0.513. The largest absolute Gasteiger partial charge is 0.363 e. The molecule has 1 unspecified atom stereocenters. The molecule has 0 N–H and O–H groups in total. The highest BCUT2D eigenvalue weighted by Gasteiger charge is 2.26. The maximum Gasteiger partial charge on any atom is 0.128 e. The van der Waals surface area contributed by atoms with E-state index >= 15 is 0 Å². The van der Waals surface area contributed by atoms with Crippen molar-refractivity contribution in [2.75, 3.05) is 25.5 Å². The average Bonchev–Trinajstić information content (AvgIpc) is 3.11. The second-order valence-corrected chi connectivity index (χ2v) is 6.41. The molecular formula is C15H20N4S. The van der Waals surface area contributed by atoms with Gasteiger partial charge in [-0.3, -0.25) is 9.88 Å². The number of thiazole rings is 1. The molecule has 3 rings (SSSR count). The van der Waals surface area contributed by atoms with E-state index in [-0.39, 0.29) is 0 Å². The Balaban J connectivity index is 1.79. The summed E-state index contributed by atoms with van der Waals surface area (Å²) < 4.78 is 0. The number of aromatic nitrogens is 2. The van der Waals surface area contributed by atoms with E-state index in [0.717, 1.165) is 12.4 Å². The van der Waals surface area contributed by atoms with E-state index in [0.29, 0.717) is 6.04 Å². The van der Waals surface area contributed by atoms with Crippen molar-refractivity contribution < 1.29 is 0 Å². The number of hydrogen-bond donors (Lipinski definition) is 0. The lowest BCUT2D eigenvalue weighted by Gasteiger charge is -2.25. The van der Waals surface area contributed by atoms with Crippen LogP contribution in [0.15, 0.2) is 30.0 Å². The van der Waals surface area contributed by atoms with Crippen molar-refractivity contribution >= 4 is 17.2 Å². The minimum atomic E-state index is 0.513. The molecule has 1 aliphatic heterocycles. The Morgan fingerprint density at radius 1 is 1.45 bits per heavy atom. The first-order valence-corrected chi connectivity index (χ1v) is 7.86. The highest BCUT2D eigenvalue weighted by Crippen LogP contribution is 2.34.